The number of ether oxygens (including phenoxy) is 1. The summed E-state index contributed by atoms with van der Waals surface area (Å²) >= 11 is 0. The van der Waals surface area contributed by atoms with E-state index in [1.807, 2.05) is 0 Å². The van der Waals surface area contributed by atoms with Crippen molar-refractivity contribution < 1.29 is 4.74 Å². The van der Waals surface area contributed by atoms with Gasteiger partial charge in [0.2, 0.25) is 0 Å². The third-order valence-corrected chi connectivity index (χ3v) is 3.05. The van der Waals surface area contributed by atoms with Crippen molar-refractivity contribution >= 4 is 0 Å². The van der Waals surface area contributed by atoms with E-state index >= 15 is 0 Å². The van der Waals surface area contributed by atoms with Crippen LogP contribution in [0.2, 0.25) is 0 Å². The Kier molecular flexibility index (Phi) is 9.09. The van der Waals surface area contributed by atoms with E-state index < -0.39 is 0 Å². The lowest BCUT2D eigenvalue weighted by molar-refractivity contribution is 0.309. The second-order valence-corrected chi connectivity index (χ2v) is 5.62. The summed E-state index contributed by atoms with van der Waals surface area (Å²) in [6.07, 6.45) is 2.29. The minimum absolute atomic E-state index is 0.718. The summed E-state index contributed by atoms with van der Waals surface area (Å²) in [5.41, 5.74) is 1.30. The summed E-state index contributed by atoms with van der Waals surface area (Å²) in [7, 11) is 0. The summed E-state index contributed by atoms with van der Waals surface area (Å²) in [5, 5.41) is 6.87. The van der Waals surface area contributed by atoms with Gasteiger partial charge in [0.15, 0.2) is 0 Å². The highest BCUT2D eigenvalue weighted by Crippen LogP contribution is 2.12. The van der Waals surface area contributed by atoms with Gasteiger partial charge in [-0.15, -0.1) is 0 Å². The first-order valence-corrected chi connectivity index (χ1v) is 7.85. The fourth-order valence-electron chi connectivity index (χ4n) is 1.84. The molecule has 0 bridgehead atoms. The summed E-state index contributed by atoms with van der Waals surface area (Å²) in [4.78, 5) is 0. The summed E-state index contributed by atoms with van der Waals surface area (Å²) < 4.78 is 5.65. The first-order chi connectivity index (χ1) is 9.72. The molecule has 0 amide bonds. The van der Waals surface area contributed by atoms with Crippen LogP contribution in [0.3, 0.4) is 0 Å². The lowest BCUT2D eigenvalue weighted by atomic mass is 10.2. The Labute approximate surface area is 124 Å². The lowest BCUT2D eigenvalue weighted by Crippen LogP contribution is -2.29. The molecule has 3 heteroatoms. The molecule has 3 nitrogen and oxygen atoms in total. The van der Waals surface area contributed by atoms with Crippen LogP contribution in [0.4, 0.5) is 0 Å². The zero-order valence-electron chi connectivity index (χ0n) is 13.2. The maximum atomic E-state index is 5.65. The Hall–Kier alpha value is -1.06. The molecule has 0 saturated carbocycles. The number of nitrogens with one attached hydrogen (secondary N) is 2. The van der Waals surface area contributed by atoms with Crippen molar-refractivity contribution in [2.24, 2.45) is 5.92 Å². The van der Waals surface area contributed by atoms with Crippen molar-refractivity contribution in [2.45, 2.75) is 40.2 Å². The van der Waals surface area contributed by atoms with Crippen LogP contribution in [0.5, 0.6) is 5.75 Å². The predicted molar refractivity (Wildman–Crippen MR) is 86.3 cm³/mol. The molecule has 0 aliphatic heterocycles. The highest BCUT2D eigenvalue weighted by Gasteiger charge is 1.96. The summed E-state index contributed by atoms with van der Waals surface area (Å²) in [5.74, 6) is 1.69. The highest BCUT2D eigenvalue weighted by molar-refractivity contribution is 5.27. The molecule has 0 heterocycles. The van der Waals surface area contributed by atoms with Gasteiger partial charge in [-0.1, -0.05) is 39.3 Å². The third-order valence-electron chi connectivity index (χ3n) is 3.05. The average molecular weight is 278 g/mol. The number of rotatable bonds is 11. The van der Waals surface area contributed by atoms with Crippen LogP contribution in [0, 0.1) is 5.92 Å². The van der Waals surface area contributed by atoms with Crippen molar-refractivity contribution in [3.05, 3.63) is 29.8 Å². The Morgan fingerprint density at radius 1 is 1.05 bits per heavy atom. The molecule has 0 radical (unpaired) electrons. The molecule has 0 fully saturated rings. The molecular weight excluding hydrogens is 248 g/mol. The normalized spacial score (nSPS) is 11.0. The van der Waals surface area contributed by atoms with Crippen LogP contribution in [0.1, 0.15) is 39.2 Å². The first-order valence-electron chi connectivity index (χ1n) is 7.85. The van der Waals surface area contributed by atoms with Gasteiger partial charge in [0.25, 0.3) is 0 Å². The van der Waals surface area contributed by atoms with Gasteiger partial charge in [0.05, 0.1) is 6.61 Å². The Morgan fingerprint density at radius 3 is 2.40 bits per heavy atom. The Bertz CT molecular complexity index is 335. The van der Waals surface area contributed by atoms with E-state index in [9.17, 15) is 0 Å². The van der Waals surface area contributed by atoms with Crippen LogP contribution in [-0.4, -0.2) is 26.2 Å². The maximum absolute atomic E-state index is 5.65. The van der Waals surface area contributed by atoms with E-state index in [1.54, 1.807) is 0 Å². The van der Waals surface area contributed by atoms with Crippen LogP contribution in [-0.2, 0) is 6.54 Å². The fraction of sp³-hybridized carbons (Fsp3) is 0.647. The molecule has 0 atom stereocenters. The van der Waals surface area contributed by atoms with Gasteiger partial charge in [-0.3, -0.25) is 0 Å². The van der Waals surface area contributed by atoms with Gasteiger partial charge in [0, 0.05) is 19.6 Å². The number of hydrogen-bond donors (Lipinski definition) is 2. The van der Waals surface area contributed by atoms with E-state index in [-0.39, 0.29) is 0 Å². The molecule has 0 saturated heterocycles. The largest absolute Gasteiger partial charge is 0.494 e. The van der Waals surface area contributed by atoms with E-state index in [1.165, 1.54) is 12.0 Å². The molecule has 1 aromatic rings. The van der Waals surface area contributed by atoms with Crippen LogP contribution < -0.4 is 15.4 Å². The molecule has 1 rings (SSSR count). The van der Waals surface area contributed by atoms with Crippen molar-refractivity contribution in [1.82, 2.24) is 10.6 Å². The molecule has 0 spiro atoms. The van der Waals surface area contributed by atoms with E-state index in [2.05, 4.69) is 55.7 Å². The first kappa shape index (κ1) is 17.0. The maximum Gasteiger partial charge on any atom is 0.119 e. The molecule has 0 aromatic heterocycles. The summed E-state index contributed by atoms with van der Waals surface area (Å²) in [6, 6.07) is 8.39. The zero-order valence-corrected chi connectivity index (χ0v) is 13.2. The Balaban J connectivity index is 2.11. The molecule has 2 N–H and O–H groups in total. The number of hydrogen-bond acceptors (Lipinski definition) is 3. The zero-order chi connectivity index (χ0) is 14.6. The summed E-state index contributed by atoms with van der Waals surface area (Å²) in [6.45, 7) is 11.5. The van der Waals surface area contributed by atoms with Gasteiger partial charge in [-0.05, 0) is 36.6 Å². The van der Waals surface area contributed by atoms with Crippen molar-refractivity contribution in [2.75, 3.05) is 26.2 Å². The van der Waals surface area contributed by atoms with Gasteiger partial charge in [-0.25, -0.2) is 0 Å². The number of benzene rings is 1. The predicted octanol–water partition coefficient (Wildman–Crippen LogP) is 3.20. The van der Waals surface area contributed by atoms with Crippen molar-refractivity contribution in [1.29, 1.82) is 0 Å². The van der Waals surface area contributed by atoms with E-state index in [0.717, 1.165) is 50.9 Å². The average Bonchev–Trinajstić information content (AvgIpc) is 2.44. The van der Waals surface area contributed by atoms with Gasteiger partial charge >= 0.3 is 0 Å². The van der Waals surface area contributed by atoms with Crippen LogP contribution >= 0.6 is 0 Å². The third kappa shape index (κ3) is 8.18. The monoisotopic (exact) mass is 278 g/mol. The molecule has 0 aliphatic rings. The topological polar surface area (TPSA) is 33.3 Å². The lowest BCUT2D eigenvalue weighted by Gasteiger charge is -2.09. The van der Waals surface area contributed by atoms with Crippen molar-refractivity contribution in [3.63, 3.8) is 0 Å². The van der Waals surface area contributed by atoms with E-state index in [0.29, 0.717) is 0 Å². The fourth-order valence-corrected chi connectivity index (χ4v) is 1.84. The smallest absolute Gasteiger partial charge is 0.119 e. The van der Waals surface area contributed by atoms with Crippen LogP contribution in [0.25, 0.3) is 0 Å². The SMILES string of the molecule is CCCCOc1ccc(CNCCNCC(C)C)cc1. The highest BCUT2D eigenvalue weighted by atomic mass is 16.5. The van der Waals surface area contributed by atoms with Gasteiger partial charge in [0.1, 0.15) is 5.75 Å². The molecule has 1 aromatic carbocycles. The van der Waals surface area contributed by atoms with Gasteiger partial charge in [-0.2, -0.15) is 0 Å². The minimum Gasteiger partial charge on any atom is -0.494 e. The molecule has 114 valence electrons. The number of unbranched alkanes of at least 4 members (excludes halogenated alkanes) is 1. The molecule has 20 heavy (non-hydrogen) atoms. The molecule has 0 unspecified atom stereocenters. The van der Waals surface area contributed by atoms with Gasteiger partial charge < -0.3 is 15.4 Å². The van der Waals surface area contributed by atoms with Crippen LogP contribution in [0.15, 0.2) is 24.3 Å². The second-order valence-electron chi connectivity index (χ2n) is 5.62. The minimum atomic E-state index is 0.718. The van der Waals surface area contributed by atoms with E-state index in [4.69, 9.17) is 4.74 Å². The second kappa shape index (κ2) is 10.7. The molecular formula is C17H30N2O. The van der Waals surface area contributed by atoms with Crippen molar-refractivity contribution in [3.8, 4) is 5.75 Å². The Morgan fingerprint density at radius 2 is 1.75 bits per heavy atom. The quantitative estimate of drug-likeness (QED) is 0.610. The standard InChI is InChI=1S/C17H30N2O/c1-4-5-12-20-17-8-6-16(7-9-17)14-19-11-10-18-13-15(2)3/h6-9,15,18-19H,4-5,10-14H2,1-3H3. The molecule has 0 aliphatic carbocycles.